The Labute approximate surface area is 125 Å². The maximum Gasteiger partial charge on any atom is 0.261 e. The molecule has 0 radical (unpaired) electrons. The van der Waals surface area contributed by atoms with Crippen LogP contribution in [0.3, 0.4) is 0 Å². The van der Waals surface area contributed by atoms with Crippen LogP contribution in [0.2, 0.25) is 0 Å². The number of hydrogen-bond donors (Lipinski definition) is 2. The predicted octanol–water partition coefficient (Wildman–Crippen LogP) is 3.30. The van der Waals surface area contributed by atoms with Crippen molar-refractivity contribution in [1.29, 1.82) is 0 Å². The van der Waals surface area contributed by atoms with Crippen molar-refractivity contribution in [2.45, 2.75) is 64.4 Å². The maximum atomic E-state index is 12.2. The monoisotopic (exact) mass is 295 g/mol. The number of fused-ring (bicyclic) bond motifs is 1. The van der Waals surface area contributed by atoms with Gasteiger partial charge < -0.3 is 10.4 Å². The average Bonchev–Trinajstić information content (AvgIpc) is 2.68. The lowest BCUT2D eigenvalue weighted by molar-refractivity contribution is 0.0470. The topological polar surface area (TPSA) is 49.3 Å². The summed E-state index contributed by atoms with van der Waals surface area (Å²) in [5, 5.41) is 13.0. The highest BCUT2D eigenvalue weighted by Gasteiger charge is 2.22. The van der Waals surface area contributed by atoms with E-state index < -0.39 is 5.60 Å². The second-order valence-electron chi connectivity index (χ2n) is 6.05. The molecule has 0 aromatic carbocycles. The molecule has 1 amide bonds. The van der Waals surface area contributed by atoms with Gasteiger partial charge in [-0.25, -0.2) is 0 Å². The fourth-order valence-corrected chi connectivity index (χ4v) is 3.93. The van der Waals surface area contributed by atoms with Gasteiger partial charge in [0, 0.05) is 11.4 Å². The Morgan fingerprint density at radius 1 is 1.40 bits per heavy atom. The molecule has 112 valence electrons. The molecule has 3 nitrogen and oxygen atoms in total. The van der Waals surface area contributed by atoms with E-state index in [1.54, 1.807) is 18.3 Å². The lowest BCUT2D eigenvalue weighted by Crippen LogP contribution is -2.40. The first-order valence-electron chi connectivity index (χ1n) is 7.64. The van der Waals surface area contributed by atoms with Crippen molar-refractivity contribution in [2.75, 3.05) is 6.54 Å². The quantitative estimate of drug-likeness (QED) is 0.819. The molecule has 1 heterocycles. The Bertz CT molecular complexity index is 442. The molecule has 0 spiro atoms. The van der Waals surface area contributed by atoms with Gasteiger partial charge in [-0.1, -0.05) is 19.8 Å². The minimum atomic E-state index is -0.807. The van der Waals surface area contributed by atoms with Gasteiger partial charge in [0.2, 0.25) is 0 Å². The highest BCUT2D eigenvalue weighted by molar-refractivity contribution is 7.14. The van der Waals surface area contributed by atoms with Gasteiger partial charge in [0.25, 0.3) is 5.91 Å². The lowest BCUT2D eigenvalue weighted by Gasteiger charge is -2.22. The molecule has 4 heteroatoms. The molecular formula is C16H25NO2S. The van der Waals surface area contributed by atoms with Crippen LogP contribution in [0.4, 0.5) is 0 Å². The summed E-state index contributed by atoms with van der Waals surface area (Å²) in [6, 6.07) is 2.05. The molecule has 2 rings (SSSR count). The van der Waals surface area contributed by atoms with Crippen molar-refractivity contribution >= 4 is 17.2 Å². The van der Waals surface area contributed by atoms with Crippen LogP contribution in [0, 0.1) is 0 Å². The molecule has 0 saturated carbocycles. The summed E-state index contributed by atoms with van der Waals surface area (Å²) in [6.45, 7) is 4.13. The summed E-state index contributed by atoms with van der Waals surface area (Å²) in [5.41, 5.74) is 0.552. The Balaban J connectivity index is 1.96. The second kappa shape index (κ2) is 6.72. The van der Waals surface area contributed by atoms with Gasteiger partial charge in [0.05, 0.1) is 10.5 Å². The van der Waals surface area contributed by atoms with Crippen LogP contribution in [-0.2, 0) is 12.8 Å². The fraction of sp³-hybridized carbons (Fsp3) is 0.688. The van der Waals surface area contributed by atoms with Gasteiger partial charge >= 0.3 is 0 Å². The molecule has 1 aliphatic carbocycles. The number of thiophene rings is 1. The number of aliphatic hydroxyl groups is 1. The van der Waals surface area contributed by atoms with E-state index >= 15 is 0 Å². The molecule has 1 atom stereocenters. The number of carbonyl (C=O) groups is 1. The number of amides is 1. The van der Waals surface area contributed by atoms with Crippen LogP contribution in [0.1, 0.15) is 66.1 Å². The number of carbonyl (C=O) groups excluding carboxylic acids is 1. The molecule has 0 saturated heterocycles. The summed E-state index contributed by atoms with van der Waals surface area (Å²) in [7, 11) is 0. The van der Waals surface area contributed by atoms with Crippen molar-refractivity contribution in [3.8, 4) is 0 Å². The van der Waals surface area contributed by atoms with E-state index in [-0.39, 0.29) is 5.91 Å². The van der Waals surface area contributed by atoms with Gasteiger partial charge in [-0.2, -0.15) is 0 Å². The molecule has 0 bridgehead atoms. The largest absolute Gasteiger partial charge is 0.388 e. The first kappa shape index (κ1) is 15.5. The third-order valence-corrected chi connectivity index (χ3v) is 5.12. The lowest BCUT2D eigenvalue weighted by atomic mass is 10.0. The minimum Gasteiger partial charge on any atom is -0.388 e. The fourth-order valence-electron chi connectivity index (χ4n) is 2.76. The SMILES string of the molecule is CCCC(C)(O)CNC(=O)c1cc2c(s1)CCCCC2. The Kier molecular flexibility index (Phi) is 5.22. The summed E-state index contributed by atoms with van der Waals surface area (Å²) < 4.78 is 0. The van der Waals surface area contributed by atoms with Crippen molar-refractivity contribution in [1.82, 2.24) is 5.32 Å². The predicted molar refractivity (Wildman–Crippen MR) is 83.4 cm³/mol. The molecule has 20 heavy (non-hydrogen) atoms. The van der Waals surface area contributed by atoms with E-state index in [2.05, 4.69) is 11.4 Å². The summed E-state index contributed by atoms with van der Waals surface area (Å²) in [4.78, 5) is 14.4. The highest BCUT2D eigenvalue weighted by Crippen LogP contribution is 2.29. The molecule has 1 unspecified atom stereocenters. The minimum absolute atomic E-state index is 0.0422. The third kappa shape index (κ3) is 4.06. The summed E-state index contributed by atoms with van der Waals surface area (Å²) in [5.74, 6) is -0.0422. The summed E-state index contributed by atoms with van der Waals surface area (Å²) in [6.07, 6.45) is 7.59. The van der Waals surface area contributed by atoms with Crippen molar-refractivity contribution < 1.29 is 9.90 Å². The Morgan fingerprint density at radius 3 is 2.90 bits per heavy atom. The smallest absolute Gasteiger partial charge is 0.261 e. The van der Waals surface area contributed by atoms with Gasteiger partial charge in [-0.3, -0.25) is 4.79 Å². The van der Waals surface area contributed by atoms with Gasteiger partial charge in [0.1, 0.15) is 0 Å². The second-order valence-corrected chi connectivity index (χ2v) is 7.19. The molecule has 1 aromatic rings. The van der Waals surface area contributed by atoms with Crippen LogP contribution in [-0.4, -0.2) is 23.2 Å². The van der Waals surface area contributed by atoms with Crippen LogP contribution in [0.5, 0.6) is 0 Å². The number of rotatable bonds is 5. The zero-order valence-corrected chi connectivity index (χ0v) is 13.3. The first-order valence-corrected chi connectivity index (χ1v) is 8.45. The van der Waals surface area contributed by atoms with Crippen molar-refractivity contribution in [3.05, 3.63) is 21.4 Å². The zero-order valence-electron chi connectivity index (χ0n) is 12.5. The van der Waals surface area contributed by atoms with E-state index in [4.69, 9.17) is 0 Å². The van der Waals surface area contributed by atoms with Crippen LogP contribution < -0.4 is 5.32 Å². The van der Waals surface area contributed by atoms with Crippen molar-refractivity contribution in [2.24, 2.45) is 0 Å². The van der Waals surface area contributed by atoms with Crippen LogP contribution in [0.15, 0.2) is 6.07 Å². The Hall–Kier alpha value is -0.870. The number of aryl methyl sites for hydroxylation is 2. The van der Waals surface area contributed by atoms with Gasteiger partial charge in [0.15, 0.2) is 0 Å². The molecule has 0 aliphatic heterocycles. The van der Waals surface area contributed by atoms with E-state index in [0.717, 1.165) is 24.1 Å². The van der Waals surface area contributed by atoms with Crippen LogP contribution in [0.25, 0.3) is 0 Å². The average molecular weight is 295 g/mol. The van der Waals surface area contributed by atoms with Gasteiger partial charge in [-0.15, -0.1) is 11.3 Å². The molecule has 1 aliphatic rings. The standard InChI is InChI=1S/C16H25NO2S/c1-3-9-16(2,19)11-17-15(18)14-10-12-7-5-4-6-8-13(12)20-14/h10,19H,3-9,11H2,1-2H3,(H,17,18). The first-order chi connectivity index (χ1) is 9.52. The van der Waals surface area contributed by atoms with Crippen LogP contribution >= 0.6 is 11.3 Å². The van der Waals surface area contributed by atoms with E-state index in [1.165, 1.54) is 29.7 Å². The maximum absolute atomic E-state index is 12.2. The number of nitrogens with one attached hydrogen (secondary N) is 1. The normalized spacial score (nSPS) is 17.9. The zero-order chi connectivity index (χ0) is 14.6. The molecule has 0 fully saturated rings. The van der Waals surface area contributed by atoms with E-state index in [9.17, 15) is 9.90 Å². The summed E-state index contributed by atoms with van der Waals surface area (Å²) >= 11 is 1.63. The Morgan fingerprint density at radius 2 is 2.15 bits per heavy atom. The molecule has 2 N–H and O–H groups in total. The van der Waals surface area contributed by atoms with Crippen molar-refractivity contribution in [3.63, 3.8) is 0 Å². The number of hydrogen-bond acceptors (Lipinski definition) is 3. The molecular weight excluding hydrogens is 270 g/mol. The third-order valence-electron chi connectivity index (χ3n) is 3.89. The van der Waals surface area contributed by atoms with Gasteiger partial charge in [-0.05, 0) is 50.7 Å². The highest BCUT2D eigenvalue weighted by atomic mass is 32.1. The van der Waals surface area contributed by atoms with E-state index in [0.29, 0.717) is 13.0 Å². The molecule has 1 aromatic heterocycles. The van der Waals surface area contributed by atoms with E-state index in [1.807, 2.05) is 6.92 Å².